The highest BCUT2D eigenvalue weighted by Gasteiger charge is 2.36. The second kappa shape index (κ2) is 7.94. The van der Waals surface area contributed by atoms with Gasteiger partial charge >= 0.3 is 0 Å². The predicted molar refractivity (Wildman–Crippen MR) is 117 cm³/mol. The minimum Gasteiger partial charge on any atom is -0.363 e. The quantitative estimate of drug-likeness (QED) is 0.607. The number of nitrogens with zero attached hydrogens (tertiary/aromatic N) is 3. The number of nitrogens with one attached hydrogen (secondary N) is 1. The van der Waals surface area contributed by atoms with Crippen molar-refractivity contribution in [2.24, 2.45) is 0 Å². The number of carbonyl (C=O) groups excluding carboxylic acids is 1. The van der Waals surface area contributed by atoms with Crippen molar-refractivity contribution in [3.8, 4) is 0 Å². The molecule has 0 unspecified atom stereocenters. The number of fused-ring (bicyclic) bond motifs is 5. The number of amides is 1. The summed E-state index contributed by atoms with van der Waals surface area (Å²) in [4.78, 5) is 27.5. The van der Waals surface area contributed by atoms with E-state index in [0.717, 1.165) is 36.4 Å². The maximum atomic E-state index is 12.1. The van der Waals surface area contributed by atoms with Gasteiger partial charge in [0.05, 0.1) is 28.1 Å². The number of hydrogen-bond donors (Lipinski definition) is 1. The number of nitro groups is 1. The van der Waals surface area contributed by atoms with Crippen LogP contribution in [-0.4, -0.2) is 42.5 Å². The number of benzene rings is 2. The Morgan fingerprint density at radius 3 is 2.79 bits per heavy atom. The number of piperidine rings is 1. The topological polar surface area (TPSA) is 78.7 Å². The first kappa shape index (κ1) is 19.6. The van der Waals surface area contributed by atoms with Gasteiger partial charge in [-0.25, -0.2) is 0 Å². The monoisotopic (exact) mass is 412 g/mol. The highest BCUT2D eigenvalue weighted by molar-refractivity contribution is 7.99. The summed E-state index contributed by atoms with van der Waals surface area (Å²) in [5, 5.41) is 14.5. The van der Waals surface area contributed by atoms with Crippen LogP contribution in [-0.2, 0) is 4.79 Å². The van der Waals surface area contributed by atoms with Crippen molar-refractivity contribution in [1.29, 1.82) is 0 Å². The van der Waals surface area contributed by atoms with Crippen LogP contribution in [0.15, 0.2) is 42.5 Å². The minimum atomic E-state index is -0.351. The third-order valence-corrected chi connectivity index (χ3v) is 6.29. The van der Waals surface area contributed by atoms with Crippen LogP contribution >= 0.6 is 11.8 Å². The Bertz CT molecular complexity index is 951. The van der Waals surface area contributed by atoms with Gasteiger partial charge in [0, 0.05) is 37.5 Å². The van der Waals surface area contributed by atoms with Gasteiger partial charge in [-0.05, 0) is 36.8 Å². The molecular formula is C21H24N4O3S. The minimum absolute atomic E-state index is 0.0750. The zero-order valence-electron chi connectivity index (χ0n) is 16.5. The van der Waals surface area contributed by atoms with Crippen LogP contribution < -0.4 is 15.1 Å². The molecule has 1 amide bonds. The average Bonchev–Trinajstić information content (AvgIpc) is 2.82. The summed E-state index contributed by atoms with van der Waals surface area (Å²) < 4.78 is 0. The predicted octanol–water partition coefficient (Wildman–Crippen LogP) is 3.87. The zero-order valence-corrected chi connectivity index (χ0v) is 17.3. The average molecular weight is 413 g/mol. The first-order valence-corrected chi connectivity index (χ1v) is 11.0. The van der Waals surface area contributed by atoms with Gasteiger partial charge in [-0.2, -0.15) is 11.8 Å². The number of para-hydroxylation sites is 1. The maximum absolute atomic E-state index is 12.1. The largest absolute Gasteiger partial charge is 0.363 e. The number of thioether (sulfide) groups is 1. The summed E-state index contributed by atoms with van der Waals surface area (Å²) in [6, 6.07) is 13.5. The molecule has 0 spiro atoms. The smallest absolute Gasteiger partial charge is 0.271 e. The number of hydrogen-bond acceptors (Lipinski definition) is 6. The number of anilines is 3. The second-order valence-corrected chi connectivity index (χ2v) is 8.35. The lowest BCUT2D eigenvalue weighted by Gasteiger charge is -2.41. The van der Waals surface area contributed by atoms with Gasteiger partial charge in [-0.3, -0.25) is 14.9 Å². The molecule has 0 bridgehead atoms. The number of nitro benzene ring substituents is 1. The maximum Gasteiger partial charge on any atom is 0.271 e. The number of carbonyl (C=O) groups is 1. The Morgan fingerprint density at radius 1 is 1.24 bits per heavy atom. The van der Waals surface area contributed by atoms with Crippen LogP contribution in [0.1, 0.15) is 24.4 Å². The molecule has 0 aliphatic carbocycles. The molecule has 7 nitrogen and oxygen atoms in total. The highest BCUT2D eigenvalue weighted by Crippen LogP contribution is 2.48. The van der Waals surface area contributed by atoms with Gasteiger partial charge in [0.1, 0.15) is 0 Å². The molecule has 2 aliphatic heterocycles. The first-order chi connectivity index (χ1) is 14.0. The van der Waals surface area contributed by atoms with E-state index in [1.54, 1.807) is 12.1 Å². The molecule has 4 rings (SSSR count). The van der Waals surface area contributed by atoms with Crippen LogP contribution in [0, 0.1) is 10.1 Å². The molecule has 1 N–H and O–H groups in total. The molecule has 0 radical (unpaired) electrons. The molecule has 0 aromatic heterocycles. The fourth-order valence-electron chi connectivity index (χ4n) is 4.42. The van der Waals surface area contributed by atoms with Crippen LogP contribution in [0.5, 0.6) is 0 Å². The Kier molecular flexibility index (Phi) is 5.36. The van der Waals surface area contributed by atoms with Crippen LogP contribution in [0.3, 0.4) is 0 Å². The third kappa shape index (κ3) is 3.64. The lowest BCUT2D eigenvalue weighted by molar-refractivity contribution is -0.384. The molecule has 2 aliphatic rings. The molecule has 152 valence electrons. The van der Waals surface area contributed by atoms with Gasteiger partial charge in [0.2, 0.25) is 5.91 Å². The highest BCUT2D eigenvalue weighted by atomic mass is 32.2. The van der Waals surface area contributed by atoms with E-state index < -0.39 is 0 Å². The Labute approximate surface area is 174 Å². The standard InChI is InChI=1S/C21H24N4O3S/c1-23-17-6-4-3-5-16(17)19-11-14(22-21(26)13-29-2)9-10-24(19)18-8-7-15(25(27)28)12-20(18)23/h3-8,12,14,19H,9-11,13H2,1-2H3,(H,22,26)/t14-,19-/m1/s1. The van der Waals surface area contributed by atoms with Crippen molar-refractivity contribution < 1.29 is 9.72 Å². The molecule has 29 heavy (non-hydrogen) atoms. The lowest BCUT2D eigenvalue weighted by atomic mass is 9.90. The fourth-order valence-corrected chi connectivity index (χ4v) is 4.77. The molecular weight excluding hydrogens is 388 g/mol. The molecule has 1 fully saturated rings. The van der Waals surface area contributed by atoms with Crippen LogP contribution in [0.25, 0.3) is 0 Å². The normalized spacial score (nSPS) is 20.2. The fraction of sp³-hybridized carbons (Fsp3) is 0.381. The summed E-state index contributed by atoms with van der Waals surface area (Å²) in [7, 11) is 1.96. The SMILES string of the molecule is CSCC(=O)N[C@@H]1CCN2c3ccc([N+](=O)[O-])cc3N(C)c3ccccc3[C@H]2C1. The van der Waals surface area contributed by atoms with Crippen molar-refractivity contribution in [2.45, 2.75) is 24.9 Å². The molecule has 1 saturated heterocycles. The molecule has 8 heteroatoms. The summed E-state index contributed by atoms with van der Waals surface area (Å²) >= 11 is 1.52. The Morgan fingerprint density at radius 2 is 2.03 bits per heavy atom. The van der Waals surface area contributed by atoms with E-state index in [4.69, 9.17) is 0 Å². The molecule has 2 heterocycles. The van der Waals surface area contributed by atoms with Gasteiger partial charge in [0.15, 0.2) is 0 Å². The molecule has 2 atom stereocenters. The van der Waals surface area contributed by atoms with Crippen LogP contribution in [0.2, 0.25) is 0 Å². The zero-order chi connectivity index (χ0) is 20.5. The van der Waals surface area contributed by atoms with E-state index in [2.05, 4.69) is 22.3 Å². The Hall–Kier alpha value is -2.74. The molecule has 2 aromatic rings. The Balaban J connectivity index is 1.75. The summed E-state index contributed by atoms with van der Waals surface area (Å²) in [6.45, 7) is 0.780. The van der Waals surface area contributed by atoms with Crippen LogP contribution in [0.4, 0.5) is 22.7 Å². The number of rotatable bonds is 4. The van der Waals surface area contributed by atoms with Crippen molar-refractivity contribution in [2.75, 3.05) is 35.4 Å². The van der Waals surface area contributed by atoms with Gasteiger partial charge in [-0.15, -0.1) is 0 Å². The van der Waals surface area contributed by atoms with E-state index in [0.29, 0.717) is 5.75 Å². The second-order valence-electron chi connectivity index (χ2n) is 7.48. The van der Waals surface area contributed by atoms with Crippen molar-refractivity contribution in [1.82, 2.24) is 5.32 Å². The van der Waals surface area contributed by atoms with Gasteiger partial charge in [-0.1, -0.05) is 18.2 Å². The van der Waals surface area contributed by atoms with Gasteiger partial charge in [0.25, 0.3) is 5.69 Å². The summed E-state index contributed by atoms with van der Waals surface area (Å²) in [5.41, 5.74) is 4.13. The third-order valence-electron chi connectivity index (χ3n) is 5.74. The van der Waals surface area contributed by atoms with Crippen molar-refractivity contribution >= 4 is 40.4 Å². The summed E-state index contributed by atoms with van der Waals surface area (Å²) in [5.74, 6) is 0.544. The van der Waals surface area contributed by atoms with E-state index in [1.165, 1.54) is 17.3 Å². The first-order valence-electron chi connectivity index (χ1n) is 9.65. The lowest BCUT2D eigenvalue weighted by Crippen LogP contribution is -2.46. The summed E-state index contributed by atoms with van der Waals surface area (Å²) in [6.07, 6.45) is 3.58. The van der Waals surface area contributed by atoms with Crippen molar-refractivity contribution in [3.05, 3.63) is 58.1 Å². The van der Waals surface area contributed by atoms with E-state index in [-0.39, 0.29) is 28.6 Å². The van der Waals surface area contributed by atoms with Crippen molar-refractivity contribution in [3.63, 3.8) is 0 Å². The van der Waals surface area contributed by atoms with E-state index >= 15 is 0 Å². The number of non-ortho nitro benzene ring substituents is 1. The van der Waals surface area contributed by atoms with E-state index in [9.17, 15) is 14.9 Å². The molecule has 0 saturated carbocycles. The molecule has 2 aromatic carbocycles. The van der Waals surface area contributed by atoms with Gasteiger partial charge < -0.3 is 15.1 Å². The van der Waals surface area contributed by atoms with E-state index in [1.807, 2.05) is 36.4 Å².